The van der Waals surface area contributed by atoms with Gasteiger partial charge in [-0.3, -0.25) is 13.9 Å². The van der Waals surface area contributed by atoms with Crippen LogP contribution in [-0.2, 0) is 26.2 Å². The molecule has 0 aliphatic rings. The molecule has 0 spiro atoms. The van der Waals surface area contributed by atoms with E-state index >= 15 is 0 Å². The van der Waals surface area contributed by atoms with Crippen molar-refractivity contribution in [1.82, 2.24) is 10.2 Å². The van der Waals surface area contributed by atoms with Crippen molar-refractivity contribution in [1.29, 1.82) is 0 Å². The van der Waals surface area contributed by atoms with E-state index in [9.17, 15) is 18.0 Å². The Kier molecular flexibility index (Phi) is 11.1. The number of rotatable bonds is 11. The quantitative estimate of drug-likeness (QED) is 0.251. The maximum absolute atomic E-state index is 14.1. The lowest BCUT2D eigenvalue weighted by Crippen LogP contribution is -2.52. The number of sulfonamides is 1. The average Bonchev–Trinajstić information content (AvgIpc) is 2.91. The molecule has 2 atom stereocenters. The number of hydrogen-bond acceptors (Lipinski definition) is 4. The Labute approximate surface area is 257 Å². The minimum Gasteiger partial charge on any atom is -0.352 e. The normalized spacial score (nSPS) is 12.9. The fourth-order valence-electron chi connectivity index (χ4n) is 4.13. The predicted molar refractivity (Wildman–Crippen MR) is 166 cm³/mol. The summed E-state index contributed by atoms with van der Waals surface area (Å²) >= 11 is 18.7. The van der Waals surface area contributed by atoms with E-state index in [0.717, 1.165) is 9.87 Å². The second-order valence-electron chi connectivity index (χ2n) is 10.0. The minimum atomic E-state index is -4.19. The van der Waals surface area contributed by atoms with Gasteiger partial charge in [0, 0.05) is 27.7 Å². The molecule has 0 aromatic heterocycles. The highest BCUT2D eigenvalue weighted by Gasteiger charge is 2.33. The molecule has 3 aromatic rings. The molecular weight excluding hydrogens is 605 g/mol. The SMILES string of the molecule is CC[C@@H](C)NC(=O)[C@H](C)N(Cc1ccc(Cl)cc1Cl)C(=O)CN(c1ccc(Cl)cc1C)S(=O)(=O)c1ccc(C)cc1. The Morgan fingerprint density at radius 2 is 1.51 bits per heavy atom. The summed E-state index contributed by atoms with van der Waals surface area (Å²) in [6.07, 6.45) is 0.702. The van der Waals surface area contributed by atoms with Gasteiger partial charge in [-0.2, -0.15) is 0 Å². The number of carbonyl (C=O) groups excluding carboxylic acids is 2. The van der Waals surface area contributed by atoms with Crippen molar-refractivity contribution in [2.45, 2.75) is 64.6 Å². The number of halogens is 3. The molecule has 0 fully saturated rings. The molecule has 0 saturated heterocycles. The van der Waals surface area contributed by atoms with E-state index in [2.05, 4.69) is 5.32 Å². The molecule has 2 amide bonds. The van der Waals surface area contributed by atoms with Crippen LogP contribution in [0.25, 0.3) is 0 Å². The Balaban J connectivity index is 2.08. The van der Waals surface area contributed by atoms with Gasteiger partial charge in [0.05, 0.1) is 10.6 Å². The molecule has 0 saturated carbocycles. The number of benzene rings is 3. The van der Waals surface area contributed by atoms with Crippen molar-refractivity contribution in [2.24, 2.45) is 0 Å². The molecule has 0 aliphatic carbocycles. The van der Waals surface area contributed by atoms with Crippen LogP contribution in [0.15, 0.2) is 65.6 Å². The summed E-state index contributed by atoms with van der Waals surface area (Å²) in [4.78, 5) is 28.6. The van der Waals surface area contributed by atoms with Crippen molar-refractivity contribution < 1.29 is 18.0 Å². The van der Waals surface area contributed by atoms with Gasteiger partial charge in [-0.15, -0.1) is 0 Å². The largest absolute Gasteiger partial charge is 0.352 e. The number of nitrogens with one attached hydrogen (secondary N) is 1. The van der Waals surface area contributed by atoms with E-state index in [1.54, 1.807) is 62.4 Å². The summed E-state index contributed by atoms with van der Waals surface area (Å²) in [6.45, 7) is 8.38. The summed E-state index contributed by atoms with van der Waals surface area (Å²) in [7, 11) is -4.19. The van der Waals surface area contributed by atoms with E-state index in [-0.39, 0.29) is 23.4 Å². The number of carbonyl (C=O) groups is 2. The van der Waals surface area contributed by atoms with Crippen molar-refractivity contribution >= 4 is 62.3 Å². The summed E-state index contributed by atoms with van der Waals surface area (Å²) in [5.74, 6) is -0.957. The van der Waals surface area contributed by atoms with Crippen molar-refractivity contribution in [2.75, 3.05) is 10.8 Å². The van der Waals surface area contributed by atoms with E-state index < -0.39 is 28.5 Å². The lowest BCUT2D eigenvalue weighted by atomic mass is 10.1. The molecular formula is C30H34Cl3N3O4S. The van der Waals surface area contributed by atoms with Gasteiger partial charge >= 0.3 is 0 Å². The molecule has 0 unspecified atom stereocenters. The Morgan fingerprint density at radius 3 is 2.10 bits per heavy atom. The maximum atomic E-state index is 14.1. The van der Waals surface area contributed by atoms with Crippen molar-refractivity contribution in [3.8, 4) is 0 Å². The summed E-state index contributed by atoms with van der Waals surface area (Å²) in [5.41, 5.74) is 2.31. The number of anilines is 1. The van der Waals surface area contributed by atoms with Crippen LogP contribution < -0.4 is 9.62 Å². The summed E-state index contributed by atoms with van der Waals surface area (Å²) in [6, 6.07) is 15.0. The smallest absolute Gasteiger partial charge is 0.264 e. The van der Waals surface area contributed by atoms with Crippen LogP contribution in [0.4, 0.5) is 5.69 Å². The zero-order chi connectivity index (χ0) is 30.5. The van der Waals surface area contributed by atoms with Crippen LogP contribution in [0.2, 0.25) is 15.1 Å². The van der Waals surface area contributed by atoms with Gasteiger partial charge < -0.3 is 10.2 Å². The Hall–Kier alpha value is -2.78. The molecule has 41 heavy (non-hydrogen) atoms. The fourth-order valence-corrected chi connectivity index (χ4v) is 6.30. The third-order valence-electron chi connectivity index (χ3n) is 6.84. The monoisotopic (exact) mass is 637 g/mol. The van der Waals surface area contributed by atoms with Crippen LogP contribution in [0.1, 0.15) is 43.9 Å². The predicted octanol–water partition coefficient (Wildman–Crippen LogP) is 6.79. The molecule has 0 radical (unpaired) electrons. The van der Waals surface area contributed by atoms with Gasteiger partial charge in [-0.05, 0) is 87.7 Å². The first kappa shape index (κ1) is 32.7. The van der Waals surface area contributed by atoms with Gasteiger partial charge in [-0.1, -0.05) is 65.5 Å². The molecule has 220 valence electrons. The first-order valence-corrected chi connectivity index (χ1v) is 15.7. The molecule has 3 rings (SSSR count). The highest BCUT2D eigenvalue weighted by Crippen LogP contribution is 2.30. The number of amides is 2. The highest BCUT2D eigenvalue weighted by molar-refractivity contribution is 7.92. The zero-order valence-corrected chi connectivity index (χ0v) is 26.7. The number of hydrogen-bond donors (Lipinski definition) is 1. The molecule has 0 heterocycles. The van der Waals surface area contributed by atoms with Crippen LogP contribution in [-0.4, -0.2) is 43.8 Å². The Bertz CT molecular complexity index is 1510. The van der Waals surface area contributed by atoms with E-state index in [4.69, 9.17) is 34.8 Å². The Morgan fingerprint density at radius 1 is 0.902 bits per heavy atom. The third kappa shape index (κ3) is 8.16. The lowest BCUT2D eigenvalue weighted by molar-refractivity contribution is -0.139. The van der Waals surface area contributed by atoms with Crippen molar-refractivity contribution in [3.63, 3.8) is 0 Å². The van der Waals surface area contributed by atoms with Gasteiger partial charge in [0.2, 0.25) is 11.8 Å². The molecule has 7 nitrogen and oxygen atoms in total. The van der Waals surface area contributed by atoms with Crippen LogP contribution in [0.5, 0.6) is 0 Å². The second-order valence-corrected chi connectivity index (χ2v) is 13.1. The van der Waals surface area contributed by atoms with E-state index in [0.29, 0.717) is 38.3 Å². The van der Waals surface area contributed by atoms with E-state index in [1.165, 1.54) is 17.0 Å². The van der Waals surface area contributed by atoms with Crippen LogP contribution in [0, 0.1) is 13.8 Å². The summed E-state index contributed by atoms with van der Waals surface area (Å²) < 4.78 is 29.0. The van der Waals surface area contributed by atoms with Gasteiger partial charge in [0.1, 0.15) is 12.6 Å². The first-order valence-electron chi connectivity index (χ1n) is 13.1. The van der Waals surface area contributed by atoms with Gasteiger partial charge in [-0.25, -0.2) is 8.42 Å². The zero-order valence-electron chi connectivity index (χ0n) is 23.6. The van der Waals surface area contributed by atoms with E-state index in [1.807, 2.05) is 20.8 Å². The lowest BCUT2D eigenvalue weighted by Gasteiger charge is -2.33. The number of aryl methyl sites for hydroxylation is 2. The fraction of sp³-hybridized carbons (Fsp3) is 0.333. The van der Waals surface area contributed by atoms with Gasteiger partial charge in [0.15, 0.2) is 0 Å². The maximum Gasteiger partial charge on any atom is 0.264 e. The molecule has 11 heteroatoms. The topological polar surface area (TPSA) is 86.8 Å². The minimum absolute atomic E-state index is 0.0279. The molecule has 0 aliphatic heterocycles. The standard InChI is InChI=1S/C30H34Cl3N3O4S/c1-6-21(4)34-30(38)22(5)35(17-23-9-10-25(32)16-27(23)33)29(37)18-36(28-14-11-24(31)15-20(28)3)41(39,40)26-12-7-19(2)8-13-26/h7-16,21-22H,6,17-18H2,1-5H3,(H,34,38)/t21-,22+/m1/s1. The highest BCUT2D eigenvalue weighted by atomic mass is 35.5. The molecule has 3 aromatic carbocycles. The molecule has 1 N–H and O–H groups in total. The number of nitrogens with zero attached hydrogens (tertiary/aromatic N) is 2. The van der Waals surface area contributed by atoms with Gasteiger partial charge in [0.25, 0.3) is 10.0 Å². The van der Waals surface area contributed by atoms with Crippen molar-refractivity contribution in [3.05, 3.63) is 92.4 Å². The van der Waals surface area contributed by atoms with Crippen LogP contribution >= 0.6 is 34.8 Å². The molecule has 0 bridgehead atoms. The first-order chi connectivity index (χ1) is 19.2. The summed E-state index contributed by atoms with van der Waals surface area (Å²) in [5, 5.41) is 4.08. The van der Waals surface area contributed by atoms with Crippen LogP contribution in [0.3, 0.4) is 0 Å². The second kappa shape index (κ2) is 13.9. The average molecular weight is 639 g/mol. The third-order valence-corrected chi connectivity index (χ3v) is 9.44.